The van der Waals surface area contributed by atoms with E-state index in [0.29, 0.717) is 6.04 Å². The van der Waals surface area contributed by atoms with E-state index in [4.69, 9.17) is 0 Å². The van der Waals surface area contributed by atoms with Crippen molar-refractivity contribution in [3.8, 4) is 0 Å². The number of thiophene rings is 1. The predicted molar refractivity (Wildman–Crippen MR) is 88.5 cm³/mol. The average Bonchev–Trinajstić information content (AvgIpc) is 3.08. The number of rotatable bonds is 5. The van der Waals surface area contributed by atoms with Crippen molar-refractivity contribution in [2.75, 3.05) is 12.3 Å². The molecule has 102 valence electrons. The van der Waals surface area contributed by atoms with Crippen molar-refractivity contribution >= 4 is 33.2 Å². The Kier molecular flexibility index (Phi) is 4.46. The molecule has 1 aliphatic heterocycles. The molecule has 0 radical (unpaired) electrons. The van der Waals surface area contributed by atoms with E-state index < -0.39 is 0 Å². The van der Waals surface area contributed by atoms with Gasteiger partial charge in [-0.2, -0.15) is 11.8 Å². The molecule has 0 bridgehead atoms. The van der Waals surface area contributed by atoms with Crippen LogP contribution in [0.4, 0.5) is 0 Å². The molecular formula is C16H21NS2. The molecule has 1 aromatic heterocycles. The molecule has 0 saturated carbocycles. The highest BCUT2D eigenvalue weighted by molar-refractivity contribution is 8.00. The van der Waals surface area contributed by atoms with Crippen molar-refractivity contribution in [1.29, 1.82) is 0 Å². The van der Waals surface area contributed by atoms with Gasteiger partial charge in [0.2, 0.25) is 0 Å². The fourth-order valence-corrected chi connectivity index (χ4v) is 5.31. The Morgan fingerprint density at radius 1 is 1.37 bits per heavy atom. The zero-order chi connectivity index (χ0) is 13.1. The lowest BCUT2D eigenvalue weighted by Crippen LogP contribution is -2.38. The molecule has 1 aliphatic rings. The fraction of sp³-hybridized carbons (Fsp3) is 0.500. The molecule has 3 heteroatoms. The minimum absolute atomic E-state index is 0.635. The summed E-state index contributed by atoms with van der Waals surface area (Å²) >= 11 is 4.04. The Morgan fingerprint density at radius 2 is 2.26 bits per heavy atom. The van der Waals surface area contributed by atoms with E-state index >= 15 is 0 Å². The first-order valence-electron chi connectivity index (χ1n) is 7.18. The summed E-state index contributed by atoms with van der Waals surface area (Å²) < 4.78 is 1.42. The van der Waals surface area contributed by atoms with Crippen molar-refractivity contribution < 1.29 is 0 Å². The van der Waals surface area contributed by atoms with Gasteiger partial charge >= 0.3 is 0 Å². The molecule has 1 nitrogen and oxygen atoms in total. The molecule has 2 aromatic rings. The maximum absolute atomic E-state index is 3.71. The van der Waals surface area contributed by atoms with Gasteiger partial charge in [-0.15, -0.1) is 11.3 Å². The van der Waals surface area contributed by atoms with Crippen molar-refractivity contribution in [3.05, 3.63) is 35.2 Å². The molecule has 0 spiro atoms. The summed E-state index contributed by atoms with van der Waals surface area (Å²) in [4.78, 5) is 0. The molecule has 1 N–H and O–H groups in total. The SMILES string of the molecule is CCNC(Cc1csc2ccccc12)C1CCCS1. The number of benzene rings is 1. The number of hydrogen-bond donors (Lipinski definition) is 1. The number of fused-ring (bicyclic) bond motifs is 1. The second kappa shape index (κ2) is 6.29. The summed E-state index contributed by atoms with van der Waals surface area (Å²) in [6.45, 7) is 3.29. The van der Waals surface area contributed by atoms with Gasteiger partial charge in [-0.3, -0.25) is 0 Å². The van der Waals surface area contributed by atoms with Gasteiger partial charge in [-0.25, -0.2) is 0 Å². The van der Waals surface area contributed by atoms with Crippen molar-refractivity contribution in [2.24, 2.45) is 0 Å². The Morgan fingerprint density at radius 3 is 3.05 bits per heavy atom. The molecule has 1 saturated heterocycles. The maximum Gasteiger partial charge on any atom is 0.0345 e. The van der Waals surface area contributed by atoms with E-state index in [1.807, 2.05) is 11.3 Å². The van der Waals surface area contributed by atoms with Crippen LogP contribution in [0.1, 0.15) is 25.3 Å². The Hall–Kier alpha value is -0.510. The number of hydrogen-bond acceptors (Lipinski definition) is 3. The summed E-state index contributed by atoms with van der Waals surface area (Å²) in [6.07, 6.45) is 3.95. The van der Waals surface area contributed by atoms with Gasteiger partial charge in [0.25, 0.3) is 0 Å². The van der Waals surface area contributed by atoms with Crippen LogP contribution in [0, 0.1) is 0 Å². The summed E-state index contributed by atoms with van der Waals surface area (Å²) in [5, 5.41) is 8.33. The molecule has 2 unspecified atom stereocenters. The van der Waals surface area contributed by atoms with Crippen LogP contribution >= 0.6 is 23.1 Å². The van der Waals surface area contributed by atoms with E-state index in [1.54, 1.807) is 0 Å². The lowest BCUT2D eigenvalue weighted by Gasteiger charge is -2.23. The van der Waals surface area contributed by atoms with E-state index in [0.717, 1.165) is 11.8 Å². The van der Waals surface area contributed by atoms with E-state index in [9.17, 15) is 0 Å². The minimum atomic E-state index is 0.635. The van der Waals surface area contributed by atoms with Crippen LogP contribution in [-0.2, 0) is 6.42 Å². The number of nitrogens with one attached hydrogen (secondary N) is 1. The van der Waals surface area contributed by atoms with Gasteiger partial charge < -0.3 is 5.32 Å². The third-order valence-electron chi connectivity index (χ3n) is 3.88. The normalized spacial score (nSPS) is 21.0. The van der Waals surface area contributed by atoms with Crippen LogP contribution in [0.15, 0.2) is 29.6 Å². The fourth-order valence-electron chi connectivity index (χ4n) is 2.94. The van der Waals surface area contributed by atoms with Crippen LogP contribution in [0.2, 0.25) is 0 Å². The number of thioether (sulfide) groups is 1. The summed E-state index contributed by atoms with van der Waals surface area (Å²) in [5.41, 5.74) is 1.53. The first kappa shape index (κ1) is 13.5. The molecule has 3 rings (SSSR count). The Labute approximate surface area is 123 Å². The van der Waals surface area contributed by atoms with Gasteiger partial charge in [0.05, 0.1) is 0 Å². The lowest BCUT2D eigenvalue weighted by atomic mass is 10.00. The zero-order valence-corrected chi connectivity index (χ0v) is 13.0. The van der Waals surface area contributed by atoms with Crippen molar-refractivity contribution in [2.45, 2.75) is 37.5 Å². The summed E-state index contributed by atoms with van der Waals surface area (Å²) in [7, 11) is 0. The molecule has 1 fully saturated rings. The topological polar surface area (TPSA) is 12.0 Å². The first-order chi connectivity index (χ1) is 9.38. The van der Waals surface area contributed by atoms with Gasteiger partial charge in [0, 0.05) is 16.0 Å². The van der Waals surface area contributed by atoms with Crippen molar-refractivity contribution in [1.82, 2.24) is 5.32 Å². The second-order valence-corrected chi connectivity index (χ2v) is 7.44. The van der Waals surface area contributed by atoms with Crippen LogP contribution < -0.4 is 5.32 Å². The minimum Gasteiger partial charge on any atom is -0.313 e. The van der Waals surface area contributed by atoms with Crippen LogP contribution in [0.25, 0.3) is 10.1 Å². The van der Waals surface area contributed by atoms with Crippen LogP contribution in [0.3, 0.4) is 0 Å². The molecule has 1 aromatic carbocycles. The molecule has 2 heterocycles. The largest absolute Gasteiger partial charge is 0.313 e. The first-order valence-corrected chi connectivity index (χ1v) is 9.11. The number of likely N-dealkylation sites (N-methyl/N-ethyl adjacent to an activating group) is 1. The quantitative estimate of drug-likeness (QED) is 0.880. The van der Waals surface area contributed by atoms with E-state index in [-0.39, 0.29) is 0 Å². The zero-order valence-electron chi connectivity index (χ0n) is 11.4. The van der Waals surface area contributed by atoms with Crippen molar-refractivity contribution in [3.63, 3.8) is 0 Å². The van der Waals surface area contributed by atoms with Gasteiger partial charge in [-0.05, 0) is 54.0 Å². The molecule has 19 heavy (non-hydrogen) atoms. The molecule has 2 atom stereocenters. The van der Waals surface area contributed by atoms with Crippen LogP contribution in [-0.4, -0.2) is 23.6 Å². The standard InChI is InChI=1S/C16H21NS2/c1-2-17-14(16-8-5-9-18-16)10-12-11-19-15-7-4-3-6-13(12)15/h3-4,6-7,11,14,16-17H,2,5,8-10H2,1H3. The monoisotopic (exact) mass is 291 g/mol. The third-order valence-corrected chi connectivity index (χ3v) is 6.41. The highest BCUT2D eigenvalue weighted by atomic mass is 32.2. The smallest absolute Gasteiger partial charge is 0.0345 e. The van der Waals surface area contributed by atoms with Crippen LogP contribution in [0.5, 0.6) is 0 Å². The van der Waals surface area contributed by atoms with Gasteiger partial charge in [0.15, 0.2) is 0 Å². The third kappa shape index (κ3) is 2.99. The second-order valence-electron chi connectivity index (χ2n) is 5.18. The molecule has 0 aliphatic carbocycles. The lowest BCUT2D eigenvalue weighted by molar-refractivity contribution is 0.497. The van der Waals surface area contributed by atoms with E-state index in [2.05, 4.69) is 53.6 Å². The van der Waals surface area contributed by atoms with Gasteiger partial charge in [-0.1, -0.05) is 25.1 Å². The highest BCUT2D eigenvalue weighted by Crippen LogP contribution is 2.32. The predicted octanol–water partition coefficient (Wildman–Crippen LogP) is 4.32. The maximum atomic E-state index is 3.71. The summed E-state index contributed by atoms with van der Waals surface area (Å²) in [5.74, 6) is 1.34. The Balaban J connectivity index is 1.80. The van der Waals surface area contributed by atoms with E-state index in [1.165, 1.54) is 40.7 Å². The molecule has 0 amide bonds. The van der Waals surface area contributed by atoms with Gasteiger partial charge in [0.1, 0.15) is 0 Å². The molecular weight excluding hydrogens is 270 g/mol. The highest BCUT2D eigenvalue weighted by Gasteiger charge is 2.25. The average molecular weight is 291 g/mol. The Bertz CT molecular complexity index is 528. The summed E-state index contributed by atoms with van der Waals surface area (Å²) in [6, 6.07) is 9.43.